The van der Waals surface area contributed by atoms with Gasteiger partial charge < -0.3 is 5.32 Å². The van der Waals surface area contributed by atoms with Gasteiger partial charge in [-0.3, -0.25) is 20.4 Å². The molecule has 0 fully saturated rings. The number of hydrogen-bond acceptors (Lipinski definition) is 3. The van der Waals surface area contributed by atoms with Gasteiger partial charge in [-0.05, 0) is 42.3 Å². The first-order valence-corrected chi connectivity index (χ1v) is 7.64. The average Bonchev–Trinajstić information content (AvgIpc) is 2.58. The summed E-state index contributed by atoms with van der Waals surface area (Å²) in [6.07, 6.45) is 0. The van der Waals surface area contributed by atoms with Gasteiger partial charge >= 0.3 is 0 Å². The zero-order chi connectivity index (χ0) is 17.5. The minimum Gasteiger partial charge on any atom is -0.340 e. The summed E-state index contributed by atoms with van der Waals surface area (Å²) in [6.45, 7) is 3.66. The van der Waals surface area contributed by atoms with Crippen LogP contribution in [0.15, 0.2) is 54.6 Å². The maximum absolute atomic E-state index is 12.9. The lowest BCUT2D eigenvalue weighted by atomic mass is 10.0. The lowest BCUT2D eigenvalue weighted by Gasteiger charge is -2.22. The molecule has 24 heavy (non-hydrogen) atoms. The zero-order valence-corrected chi connectivity index (χ0v) is 13.5. The summed E-state index contributed by atoms with van der Waals surface area (Å²) in [5, 5.41) is 2.67. The van der Waals surface area contributed by atoms with Crippen molar-refractivity contribution in [1.82, 2.24) is 10.7 Å². The van der Waals surface area contributed by atoms with Crippen LogP contribution >= 0.6 is 0 Å². The van der Waals surface area contributed by atoms with Crippen LogP contribution in [0.5, 0.6) is 0 Å². The highest BCUT2D eigenvalue weighted by molar-refractivity contribution is 5.97. The molecule has 6 heteroatoms. The van der Waals surface area contributed by atoms with E-state index >= 15 is 0 Å². The molecule has 0 radical (unpaired) electrons. The number of benzene rings is 2. The van der Waals surface area contributed by atoms with Gasteiger partial charge in [0.15, 0.2) is 0 Å². The van der Waals surface area contributed by atoms with Crippen LogP contribution in [-0.4, -0.2) is 17.9 Å². The summed E-state index contributed by atoms with van der Waals surface area (Å²) in [5.74, 6) is -1.32. The fourth-order valence-electron chi connectivity index (χ4n) is 2.09. The van der Waals surface area contributed by atoms with E-state index in [1.54, 1.807) is 0 Å². The van der Waals surface area contributed by atoms with Crippen molar-refractivity contribution in [3.63, 3.8) is 0 Å². The largest absolute Gasteiger partial charge is 0.340 e. The molecule has 0 aliphatic carbocycles. The summed E-state index contributed by atoms with van der Waals surface area (Å²) in [4.78, 5) is 24.5. The average molecular weight is 329 g/mol. The van der Waals surface area contributed by atoms with E-state index < -0.39 is 17.8 Å². The summed E-state index contributed by atoms with van der Waals surface area (Å²) in [6, 6.07) is 13.6. The molecule has 0 aliphatic heterocycles. The molecule has 2 rings (SSSR count). The molecular weight excluding hydrogens is 309 g/mol. The second-order valence-corrected chi connectivity index (χ2v) is 5.68. The molecule has 0 aliphatic rings. The Kier molecular flexibility index (Phi) is 5.89. The SMILES string of the molecule is CC(C)C(NC(=O)c1ccc(F)cc1)C(=O)NNc1ccccc1. The highest BCUT2D eigenvalue weighted by Gasteiger charge is 2.24. The standard InChI is InChI=1S/C18H20FN3O2/c1-12(2)16(18(24)22-21-15-6-4-3-5-7-15)20-17(23)13-8-10-14(19)11-9-13/h3-12,16,21H,1-2H3,(H,20,23)(H,22,24). The lowest BCUT2D eigenvalue weighted by molar-refractivity contribution is -0.123. The van der Waals surface area contributed by atoms with E-state index in [0.717, 1.165) is 5.69 Å². The van der Waals surface area contributed by atoms with Gasteiger partial charge in [0.05, 0.1) is 5.69 Å². The van der Waals surface area contributed by atoms with E-state index in [1.165, 1.54) is 24.3 Å². The molecule has 0 aromatic heterocycles. The fraction of sp³-hybridized carbons (Fsp3) is 0.222. The molecule has 0 saturated heterocycles. The number of halogens is 1. The highest BCUT2D eigenvalue weighted by atomic mass is 19.1. The molecule has 2 aromatic rings. The second-order valence-electron chi connectivity index (χ2n) is 5.68. The summed E-state index contributed by atoms with van der Waals surface area (Å²) >= 11 is 0. The highest BCUT2D eigenvalue weighted by Crippen LogP contribution is 2.08. The van der Waals surface area contributed by atoms with Crippen LogP contribution in [0.2, 0.25) is 0 Å². The topological polar surface area (TPSA) is 70.2 Å². The first kappa shape index (κ1) is 17.5. The number of carbonyl (C=O) groups is 2. The lowest BCUT2D eigenvalue weighted by Crippen LogP contribution is -2.51. The van der Waals surface area contributed by atoms with Gasteiger partial charge in [0.25, 0.3) is 11.8 Å². The van der Waals surface area contributed by atoms with E-state index in [-0.39, 0.29) is 11.8 Å². The van der Waals surface area contributed by atoms with Gasteiger partial charge in [0, 0.05) is 5.56 Å². The number of nitrogens with one attached hydrogen (secondary N) is 3. The van der Waals surface area contributed by atoms with Crippen LogP contribution in [0.4, 0.5) is 10.1 Å². The van der Waals surface area contributed by atoms with Gasteiger partial charge in [-0.15, -0.1) is 0 Å². The molecule has 2 aromatic carbocycles. The Morgan fingerprint density at radius 1 is 0.958 bits per heavy atom. The summed E-state index contributed by atoms with van der Waals surface area (Å²) < 4.78 is 12.9. The maximum Gasteiger partial charge on any atom is 0.261 e. The van der Waals surface area contributed by atoms with E-state index in [9.17, 15) is 14.0 Å². The van der Waals surface area contributed by atoms with Crippen molar-refractivity contribution >= 4 is 17.5 Å². The monoisotopic (exact) mass is 329 g/mol. The smallest absolute Gasteiger partial charge is 0.261 e. The number of rotatable bonds is 6. The van der Waals surface area contributed by atoms with Crippen molar-refractivity contribution in [3.05, 3.63) is 66.0 Å². The number of anilines is 1. The predicted octanol–water partition coefficient (Wildman–Crippen LogP) is 2.72. The number of hydrazine groups is 1. The number of amides is 2. The van der Waals surface area contributed by atoms with E-state index in [0.29, 0.717) is 5.56 Å². The molecule has 126 valence electrons. The molecule has 0 heterocycles. The Labute approximate surface area is 140 Å². The van der Waals surface area contributed by atoms with Gasteiger partial charge in [-0.25, -0.2) is 4.39 Å². The third-order valence-corrected chi connectivity index (χ3v) is 3.45. The van der Waals surface area contributed by atoms with Crippen molar-refractivity contribution in [3.8, 4) is 0 Å². The van der Waals surface area contributed by atoms with Crippen molar-refractivity contribution in [2.45, 2.75) is 19.9 Å². The van der Waals surface area contributed by atoms with Crippen LogP contribution in [0.3, 0.4) is 0 Å². The second kappa shape index (κ2) is 8.10. The Bertz CT molecular complexity index is 687. The predicted molar refractivity (Wildman–Crippen MR) is 90.7 cm³/mol. The van der Waals surface area contributed by atoms with Crippen molar-refractivity contribution in [1.29, 1.82) is 0 Å². The van der Waals surface area contributed by atoms with Crippen LogP contribution in [0, 0.1) is 11.7 Å². The van der Waals surface area contributed by atoms with E-state index in [4.69, 9.17) is 0 Å². The molecule has 0 saturated carbocycles. The van der Waals surface area contributed by atoms with Crippen LogP contribution in [0.25, 0.3) is 0 Å². The first-order valence-electron chi connectivity index (χ1n) is 7.64. The van der Waals surface area contributed by atoms with Crippen LogP contribution in [0.1, 0.15) is 24.2 Å². The minimum absolute atomic E-state index is 0.119. The molecule has 0 spiro atoms. The Morgan fingerprint density at radius 3 is 2.17 bits per heavy atom. The van der Waals surface area contributed by atoms with Gasteiger partial charge in [0.1, 0.15) is 11.9 Å². The van der Waals surface area contributed by atoms with Gasteiger partial charge in [-0.2, -0.15) is 0 Å². The molecule has 1 unspecified atom stereocenters. The van der Waals surface area contributed by atoms with Crippen molar-refractivity contribution in [2.24, 2.45) is 5.92 Å². The normalized spacial score (nSPS) is 11.7. The first-order chi connectivity index (χ1) is 11.5. The van der Waals surface area contributed by atoms with Gasteiger partial charge in [0.2, 0.25) is 0 Å². The minimum atomic E-state index is -0.723. The Morgan fingerprint density at radius 2 is 1.58 bits per heavy atom. The fourth-order valence-corrected chi connectivity index (χ4v) is 2.09. The molecule has 3 N–H and O–H groups in total. The third-order valence-electron chi connectivity index (χ3n) is 3.45. The maximum atomic E-state index is 12.9. The Balaban J connectivity index is 1.99. The van der Waals surface area contributed by atoms with Crippen molar-refractivity contribution < 1.29 is 14.0 Å². The van der Waals surface area contributed by atoms with E-state index in [2.05, 4.69) is 16.2 Å². The molecule has 0 bridgehead atoms. The van der Waals surface area contributed by atoms with Crippen molar-refractivity contribution in [2.75, 3.05) is 5.43 Å². The molecule has 1 atom stereocenters. The van der Waals surface area contributed by atoms with Crippen LogP contribution < -0.4 is 16.2 Å². The summed E-state index contributed by atoms with van der Waals surface area (Å²) in [7, 11) is 0. The number of hydrogen-bond donors (Lipinski definition) is 3. The zero-order valence-electron chi connectivity index (χ0n) is 13.5. The number of para-hydroxylation sites is 1. The molecule has 5 nitrogen and oxygen atoms in total. The quantitative estimate of drug-likeness (QED) is 0.714. The molecule has 2 amide bonds. The van der Waals surface area contributed by atoms with Crippen LogP contribution in [-0.2, 0) is 4.79 Å². The Hall–Kier alpha value is -2.89. The van der Waals surface area contributed by atoms with Gasteiger partial charge in [-0.1, -0.05) is 32.0 Å². The summed E-state index contributed by atoms with van der Waals surface area (Å²) in [5.41, 5.74) is 6.41. The molecular formula is C18H20FN3O2. The third kappa shape index (κ3) is 4.81. The van der Waals surface area contributed by atoms with E-state index in [1.807, 2.05) is 44.2 Å². The number of carbonyl (C=O) groups excluding carboxylic acids is 2.